The lowest BCUT2D eigenvalue weighted by molar-refractivity contribution is 0.275. The van der Waals surface area contributed by atoms with Gasteiger partial charge in [-0.05, 0) is 23.7 Å². The molecular weight excluding hydrogens is 131 g/mol. The van der Waals surface area contributed by atoms with Crippen LogP contribution in [0.25, 0.3) is 0 Å². The Labute approximate surface area is 74.3 Å². The Morgan fingerprint density at radius 3 is 0.909 bits per heavy atom. The average molecular weight is 153 g/mol. The molecule has 11 heavy (non-hydrogen) atoms. The van der Waals surface area contributed by atoms with Crippen LogP contribution in [0, 0.1) is 10.8 Å². The predicted molar refractivity (Wildman–Crippen MR) is 53.9 cm³/mol. The minimum Gasteiger partial charge on any atom is -0.0602 e. The van der Waals surface area contributed by atoms with Crippen LogP contribution in [0.3, 0.4) is 0 Å². The lowest BCUT2D eigenvalue weighted by Crippen LogP contribution is -2.12. The SMILES string of the molecule is CC(C)(C)CCC(C)(C)C.[B]. The number of hydrogen-bond acceptors (Lipinski definition) is 0. The van der Waals surface area contributed by atoms with Crippen LogP contribution in [0.5, 0.6) is 0 Å². The summed E-state index contributed by atoms with van der Waals surface area (Å²) < 4.78 is 0. The fraction of sp³-hybridized carbons (Fsp3) is 1.00. The van der Waals surface area contributed by atoms with Gasteiger partial charge in [0.2, 0.25) is 0 Å². The summed E-state index contributed by atoms with van der Waals surface area (Å²) in [4.78, 5) is 0. The average Bonchev–Trinajstić information content (AvgIpc) is 1.57. The van der Waals surface area contributed by atoms with E-state index >= 15 is 0 Å². The van der Waals surface area contributed by atoms with E-state index < -0.39 is 0 Å². The van der Waals surface area contributed by atoms with E-state index in [1.165, 1.54) is 12.8 Å². The maximum Gasteiger partial charge on any atom is 0 e. The predicted octanol–water partition coefficient (Wildman–Crippen LogP) is 3.48. The van der Waals surface area contributed by atoms with Crippen LogP contribution >= 0.6 is 0 Å². The fourth-order valence-electron chi connectivity index (χ4n) is 0.750. The molecule has 0 nitrogen and oxygen atoms in total. The highest BCUT2D eigenvalue weighted by Gasteiger charge is 2.16. The topological polar surface area (TPSA) is 0 Å². The molecule has 0 aliphatic rings. The van der Waals surface area contributed by atoms with E-state index in [0.29, 0.717) is 10.8 Å². The summed E-state index contributed by atoms with van der Waals surface area (Å²) in [6.07, 6.45) is 2.66. The van der Waals surface area contributed by atoms with Gasteiger partial charge in [0.05, 0.1) is 0 Å². The molecule has 0 unspecified atom stereocenters. The van der Waals surface area contributed by atoms with Crippen LogP contribution in [-0.4, -0.2) is 8.41 Å². The van der Waals surface area contributed by atoms with E-state index in [1.807, 2.05) is 0 Å². The second-order valence-corrected chi connectivity index (χ2v) is 5.62. The Hall–Kier alpha value is 0.0649. The minimum absolute atomic E-state index is 0. The molecule has 3 radical (unpaired) electrons. The molecule has 0 fully saturated rings. The zero-order valence-electron chi connectivity index (χ0n) is 8.99. The van der Waals surface area contributed by atoms with Crippen LogP contribution in [0.2, 0.25) is 0 Å². The summed E-state index contributed by atoms with van der Waals surface area (Å²) in [5, 5.41) is 0. The largest absolute Gasteiger partial charge is 0.0602 e. The lowest BCUT2D eigenvalue weighted by Gasteiger charge is -2.24. The quantitative estimate of drug-likeness (QED) is 0.506. The highest BCUT2D eigenvalue weighted by atomic mass is 14.2. The van der Waals surface area contributed by atoms with Gasteiger partial charge in [-0.15, -0.1) is 0 Å². The first-order valence-electron chi connectivity index (χ1n) is 4.21. The molecule has 0 aromatic heterocycles. The van der Waals surface area contributed by atoms with Gasteiger partial charge in [0.1, 0.15) is 0 Å². The van der Waals surface area contributed by atoms with Crippen LogP contribution in [0.1, 0.15) is 54.4 Å². The molecule has 0 aliphatic carbocycles. The summed E-state index contributed by atoms with van der Waals surface area (Å²) in [5.74, 6) is 0. The van der Waals surface area contributed by atoms with Crippen LogP contribution in [-0.2, 0) is 0 Å². The number of rotatable bonds is 1. The smallest absolute Gasteiger partial charge is 0 e. The van der Waals surface area contributed by atoms with E-state index in [4.69, 9.17) is 0 Å². The van der Waals surface area contributed by atoms with Crippen molar-refractivity contribution in [3.63, 3.8) is 0 Å². The Bertz CT molecular complexity index is 78.4. The van der Waals surface area contributed by atoms with Crippen molar-refractivity contribution < 1.29 is 0 Å². The number of hydrogen-bond donors (Lipinski definition) is 0. The van der Waals surface area contributed by atoms with Gasteiger partial charge in [-0.25, -0.2) is 0 Å². The van der Waals surface area contributed by atoms with Crippen molar-refractivity contribution in [2.75, 3.05) is 0 Å². The van der Waals surface area contributed by atoms with Gasteiger partial charge in [-0.3, -0.25) is 0 Å². The van der Waals surface area contributed by atoms with Crippen molar-refractivity contribution in [3.05, 3.63) is 0 Å². The highest BCUT2D eigenvalue weighted by molar-refractivity contribution is 5.75. The molecule has 0 saturated heterocycles. The Kier molecular flexibility index (Phi) is 5.18. The molecule has 0 N–H and O–H groups in total. The molecule has 65 valence electrons. The molecule has 0 saturated carbocycles. The van der Waals surface area contributed by atoms with E-state index in [0.717, 1.165) is 0 Å². The summed E-state index contributed by atoms with van der Waals surface area (Å²) >= 11 is 0. The molecule has 0 bridgehead atoms. The van der Waals surface area contributed by atoms with Gasteiger partial charge in [-0.1, -0.05) is 41.5 Å². The summed E-state index contributed by atoms with van der Waals surface area (Å²) in [7, 11) is 0. The van der Waals surface area contributed by atoms with Crippen LogP contribution < -0.4 is 0 Å². The van der Waals surface area contributed by atoms with Crippen molar-refractivity contribution in [2.24, 2.45) is 10.8 Å². The Balaban J connectivity index is 0. The van der Waals surface area contributed by atoms with E-state index in [9.17, 15) is 0 Å². The maximum atomic E-state index is 2.30. The van der Waals surface area contributed by atoms with E-state index in [1.54, 1.807) is 0 Å². The van der Waals surface area contributed by atoms with Crippen molar-refractivity contribution in [1.29, 1.82) is 0 Å². The van der Waals surface area contributed by atoms with Crippen LogP contribution in [0.4, 0.5) is 0 Å². The second kappa shape index (κ2) is 4.18. The normalized spacial score (nSPS) is 12.5. The van der Waals surface area contributed by atoms with Gasteiger partial charge in [0.25, 0.3) is 0 Å². The van der Waals surface area contributed by atoms with Gasteiger partial charge < -0.3 is 0 Å². The third-order valence-corrected chi connectivity index (χ3v) is 1.62. The van der Waals surface area contributed by atoms with Crippen molar-refractivity contribution in [2.45, 2.75) is 54.4 Å². The molecule has 1 heteroatoms. The lowest BCUT2D eigenvalue weighted by atomic mass is 9.81. The van der Waals surface area contributed by atoms with Gasteiger partial charge >= 0.3 is 0 Å². The zero-order valence-corrected chi connectivity index (χ0v) is 8.99. The molecule has 0 amide bonds. The second-order valence-electron chi connectivity index (χ2n) is 5.62. The minimum atomic E-state index is 0. The molecule has 0 aliphatic heterocycles. The summed E-state index contributed by atoms with van der Waals surface area (Å²) in [5.41, 5.74) is 1.01. The first-order valence-corrected chi connectivity index (χ1v) is 4.21. The van der Waals surface area contributed by atoms with Crippen LogP contribution in [0.15, 0.2) is 0 Å². The Morgan fingerprint density at radius 1 is 0.636 bits per heavy atom. The maximum absolute atomic E-state index is 2.30. The molecule has 0 aromatic carbocycles. The molecule has 0 spiro atoms. The molecule has 0 rings (SSSR count). The molecule has 0 aromatic rings. The van der Waals surface area contributed by atoms with Gasteiger partial charge in [0, 0.05) is 8.41 Å². The first kappa shape index (κ1) is 13.6. The summed E-state index contributed by atoms with van der Waals surface area (Å²) in [6.45, 7) is 13.8. The Morgan fingerprint density at radius 2 is 0.818 bits per heavy atom. The first-order chi connectivity index (χ1) is 4.21. The standard InChI is InChI=1S/C10H22.B/c1-9(2,3)7-8-10(4,5)6;/h7-8H2,1-6H3;. The van der Waals surface area contributed by atoms with E-state index in [-0.39, 0.29) is 8.41 Å². The molecular formula is C10H22B. The summed E-state index contributed by atoms with van der Waals surface area (Å²) in [6, 6.07) is 0. The third-order valence-electron chi connectivity index (χ3n) is 1.62. The van der Waals surface area contributed by atoms with Gasteiger partial charge in [-0.2, -0.15) is 0 Å². The van der Waals surface area contributed by atoms with Crippen molar-refractivity contribution >= 4 is 8.41 Å². The molecule has 0 heterocycles. The van der Waals surface area contributed by atoms with Crippen molar-refractivity contribution in [1.82, 2.24) is 0 Å². The van der Waals surface area contributed by atoms with Gasteiger partial charge in [0.15, 0.2) is 0 Å². The zero-order chi connectivity index (χ0) is 8.41. The highest BCUT2D eigenvalue weighted by Crippen LogP contribution is 2.29. The third kappa shape index (κ3) is 13.1. The van der Waals surface area contributed by atoms with Crippen molar-refractivity contribution in [3.8, 4) is 0 Å². The fourth-order valence-corrected chi connectivity index (χ4v) is 0.750. The monoisotopic (exact) mass is 153 g/mol. The molecule has 0 atom stereocenters. The van der Waals surface area contributed by atoms with E-state index in [2.05, 4.69) is 41.5 Å².